The van der Waals surface area contributed by atoms with Crippen LogP contribution in [-0.4, -0.2) is 21.6 Å². The van der Waals surface area contributed by atoms with Crippen LogP contribution in [0.1, 0.15) is 37.9 Å². The first kappa shape index (κ1) is 19.4. The highest BCUT2D eigenvalue weighted by atomic mass is 79.9. The average Bonchev–Trinajstić information content (AvgIpc) is 2.97. The van der Waals surface area contributed by atoms with E-state index in [4.69, 9.17) is 9.72 Å². The zero-order valence-electron chi connectivity index (χ0n) is 16.4. The highest BCUT2D eigenvalue weighted by molar-refractivity contribution is 9.10. The number of pyridine rings is 1. The van der Waals surface area contributed by atoms with Crippen LogP contribution in [-0.2, 0) is 7.05 Å². The summed E-state index contributed by atoms with van der Waals surface area (Å²) >= 11 is 3.52. The van der Waals surface area contributed by atoms with Crippen LogP contribution >= 0.6 is 15.9 Å². The van der Waals surface area contributed by atoms with Gasteiger partial charge in [-0.2, -0.15) is 0 Å². The van der Waals surface area contributed by atoms with Crippen molar-refractivity contribution in [1.82, 2.24) is 14.5 Å². The van der Waals surface area contributed by atoms with E-state index in [-0.39, 0.29) is 0 Å². The molecule has 0 bridgehead atoms. The molecule has 3 aromatic rings. The number of halogens is 1. The molecule has 0 aliphatic heterocycles. The second-order valence-corrected chi connectivity index (χ2v) is 7.35. The number of hydrogen-bond donors (Lipinski definition) is 1. The molecule has 27 heavy (non-hydrogen) atoms. The number of nitrogens with one attached hydrogen (secondary N) is 1. The maximum absolute atomic E-state index is 5.55. The molecule has 0 radical (unpaired) electrons. The average molecular weight is 429 g/mol. The van der Waals surface area contributed by atoms with Crippen molar-refractivity contribution in [2.75, 3.05) is 12.4 Å². The number of rotatable bonds is 6. The third kappa shape index (κ3) is 3.72. The SMILES string of the molecule is CC/C=C(\CC)c1nccc2nc(Nc3c(C)cc(Br)cc3OC)n(C)c12. The first-order valence-electron chi connectivity index (χ1n) is 9.12. The highest BCUT2D eigenvalue weighted by Crippen LogP contribution is 2.35. The van der Waals surface area contributed by atoms with Gasteiger partial charge in [0.15, 0.2) is 0 Å². The van der Waals surface area contributed by atoms with Crippen LogP contribution in [0.2, 0.25) is 0 Å². The lowest BCUT2D eigenvalue weighted by Crippen LogP contribution is -2.03. The van der Waals surface area contributed by atoms with E-state index in [0.29, 0.717) is 0 Å². The Labute approximate surface area is 168 Å². The fraction of sp³-hybridized carbons (Fsp3) is 0.333. The molecule has 1 N–H and O–H groups in total. The van der Waals surface area contributed by atoms with Gasteiger partial charge in [0.1, 0.15) is 5.75 Å². The largest absolute Gasteiger partial charge is 0.495 e. The Morgan fingerprint density at radius 3 is 2.78 bits per heavy atom. The monoisotopic (exact) mass is 428 g/mol. The molecule has 0 saturated carbocycles. The Morgan fingerprint density at radius 2 is 2.11 bits per heavy atom. The minimum atomic E-state index is 0.759. The maximum Gasteiger partial charge on any atom is 0.208 e. The molecular formula is C21H25BrN4O. The minimum absolute atomic E-state index is 0.759. The van der Waals surface area contributed by atoms with Gasteiger partial charge in [-0.1, -0.05) is 35.9 Å². The number of imidazole rings is 1. The zero-order chi connectivity index (χ0) is 19.6. The fourth-order valence-corrected chi connectivity index (χ4v) is 3.86. The van der Waals surface area contributed by atoms with Gasteiger partial charge in [-0.05, 0) is 49.1 Å². The maximum atomic E-state index is 5.55. The van der Waals surface area contributed by atoms with Crippen molar-refractivity contribution in [3.8, 4) is 5.75 Å². The first-order valence-corrected chi connectivity index (χ1v) is 9.91. The van der Waals surface area contributed by atoms with E-state index in [2.05, 4.69) is 56.8 Å². The van der Waals surface area contributed by atoms with Gasteiger partial charge >= 0.3 is 0 Å². The molecule has 3 rings (SSSR count). The zero-order valence-corrected chi connectivity index (χ0v) is 18.0. The summed E-state index contributed by atoms with van der Waals surface area (Å²) < 4.78 is 8.60. The van der Waals surface area contributed by atoms with E-state index in [1.165, 1.54) is 5.57 Å². The van der Waals surface area contributed by atoms with Crippen LogP contribution in [0.25, 0.3) is 16.6 Å². The molecule has 0 atom stereocenters. The number of anilines is 2. The van der Waals surface area contributed by atoms with E-state index in [1.807, 2.05) is 32.3 Å². The van der Waals surface area contributed by atoms with Gasteiger partial charge in [-0.15, -0.1) is 0 Å². The predicted octanol–water partition coefficient (Wildman–Crippen LogP) is 5.99. The summed E-state index contributed by atoms with van der Waals surface area (Å²) in [5.74, 6) is 1.53. The number of aromatic nitrogens is 3. The summed E-state index contributed by atoms with van der Waals surface area (Å²) in [5.41, 5.74) is 6.19. The molecule has 0 amide bonds. The summed E-state index contributed by atoms with van der Waals surface area (Å²) in [6.45, 7) is 6.35. The fourth-order valence-electron chi connectivity index (χ4n) is 3.31. The summed E-state index contributed by atoms with van der Waals surface area (Å²) in [6.07, 6.45) is 6.00. The number of ether oxygens (including phenoxy) is 1. The Bertz CT molecular complexity index is 1010. The van der Waals surface area contributed by atoms with Crippen molar-refractivity contribution in [2.45, 2.75) is 33.6 Å². The van der Waals surface area contributed by atoms with Crippen LogP contribution in [0.4, 0.5) is 11.6 Å². The molecule has 0 unspecified atom stereocenters. The van der Waals surface area contributed by atoms with Gasteiger partial charge in [0, 0.05) is 17.7 Å². The van der Waals surface area contributed by atoms with E-state index >= 15 is 0 Å². The van der Waals surface area contributed by atoms with Crippen molar-refractivity contribution in [2.24, 2.45) is 7.05 Å². The molecule has 2 heterocycles. The number of allylic oxidation sites excluding steroid dienone is 2. The quantitative estimate of drug-likeness (QED) is 0.523. The molecule has 142 valence electrons. The normalized spacial score (nSPS) is 11.9. The van der Waals surface area contributed by atoms with Gasteiger partial charge in [-0.3, -0.25) is 4.98 Å². The number of nitrogens with zero attached hydrogens (tertiary/aromatic N) is 3. The molecule has 6 heteroatoms. The number of hydrogen-bond acceptors (Lipinski definition) is 4. The lowest BCUT2D eigenvalue weighted by atomic mass is 10.1. The summed E-state index contributed by atoms with van der Waals surface area (Å²) in [5, 5.41) is 3.45. The van der Waals surface area contributed by atoms with E-state index in [0.717, 1.165) is 57.0 Å². The number of methoxy groups -OCH3 is 1. The molecule has 0 aliphatic rings. The van der Waals surface area contributed by atoms with Crippen molar-refractivity contribution >= 4 is 44.2 Å². The molecule has 0 saturated heterocycles. The minimum Gasteiger partial charge on any atom is -0.495 e. The van der Waals surface area contributed by atoms with E-state index < -0.39 is 0 Å². The second kappa shape index (κ2) is 8.13. The van der Waals surface area contributed by atoms with Crippen LogP contribution in [0.3, 0.4) is 0 Å². The number of benzene rings is 1. The third-order valence-corrected chi connectivity index (χ3v) is 5.10. The summed E-state index contributed by atoms with van der Waals surface area (Å²) in [7, 11) is 3.69. The van der Waals surface area contributed by atoms with Gasteiger partial charge < -0.3 is 14.6 Å². The number of fused-ring (bicyclic) bond motifs is 1. The van der Waals surface area contributed by atoms with Crippen LogP contribution in [0.5, 0.6) is 5.75 Å². The van der Waals surface area contributed by atoms with Crippen LogP contribution in [0, 0.1) is 6.92 Å². The summed E-state index contributed by atoms with van der Waals surface area (Å²) in [6, 6.07) is 5.96. The Hall–Kier alpha value is -2.34. The highest BCUT2D eigenvalue weighted by Gasteiger charge is 2.17. The summed E-state index contributed by atoms with van der Waals surface area (Å²) in [4.78, 5) is 9.45. The van der Waals surface area contributed by atoms with Gasteiger partial charge in [-0.25, -0.2) is 4.98 Å². The molecular weight excluding hydrogens is 404 g/mol. The molecule has 0 fully saturated rings. The molecule has 0 spiro atoms. The van der Waals surface area contributed by atoms with Crippen molar-refractivity contribution in [1.29, 1.82) is 0 Å². The smallest absolute Gasteiger partial charge is 0.208 e. The topological polar surface area (TPSA) is 52.0 Å². The predicted molar refractivity (Wildman–Crippen MR) is 116 cm³/mol. The van der Waals surface area contributed by atoms with Crippen LogP contribution in [0.15, 0.2) is 34.9 Å². The third-order valence-electron chi connectivity index (χ3n) is 4.64. The lowest BCUT2D eigenvalue weighted by molar-refractivity contribution is 0.416. The standard InChI is InChI=1S/C21H25BrN4O/c1-6-8-14(7-2)19-20-16(9-10-23-19)24-21(26(20)4)25-18-13(3)11-15(22)12-17(18)27-5/h8-12H,6-7H2,1-5H3,(H,24,25)/b14-8+. The van der Waals surface area contributed by atoms with Gasteiger partial charge in [0.2, 0.25) is 5.95 Å². The molecule has 1 aromatic carbocycles. The Morgan fingerprint density at radius 1 is 1.33 bits per heavy atom. The lowest BCUT2D eigenvalue weighted by Gasteiger charge is -2.14. The van der Waals surface area contributed by atoms with Crippen LogP contribution < -0.4 is 10.1 Å². The Kier molecular flexibility index (Phi) is 5.85. The van der Waals surface area contributed by atoms with Crippen molar-refractivity contribution in [3.63, 3.8) is 0 Å². The van der Waals surface area contributed by atoms with Gasteiger partial charge in [0.05, 0.1) is 29.5 Å². The molecule has 5 nitrogen and oxygen atoms in total. The van der Waals surface area contributed by atoms with E-state index in [9.17, 15) is 0 Å². The van der Waals surface area contributed by atoms with Crippen molar-refractivity contribution < 1.29 is 4.74 Å². The molecule has 0 aliphatic carbocycles. The van der Waals surface area contributed by atoms with Gasteiger partial charge in [0.25, 0.3) is 0 Å². The first-order chi connectivity index (χ1) is 13.0. The van der Waals surface area contributed by atoms with Crippen molar-refractivity contribution in [3.05, 3.63) is 46.2 Å². The molecule has 2 aromatic heterocycles. The van der Waals surface area contributed by atoms with E-state index in [1.54, 1.807) is 7.11 Å². The number of aryl methyl sites for hydroxylation is 2. The second-order valence-electron chi connectivity index (χ2n) is 6.44. The Balaban J connectivity index is 2.13.